The lowest BCUT2D eigenvalue weighted by atomic mass is 10.2. The number of anilines is 1. The number of nitrogens with zero attached hydrogens (tertiary/aromatic N) is 5. The number of nitrogens with one attached hydrogen (secondary N) is 2. The number of fused-ring (bicyclic) bond motifs is 1. The molecule has 0 bridgehead atoms. The average molecular weight is 548 g/mol. The maximum Gasteiger partial charge on any atom is 0.251 e. The molecule has 2 aromatic heterocycles. The van der Waals surface area contributed by atoms with Crippen LogP contribution in [0.15, 0.2) is 40.5 Å². The van der Waals surface area contributed by atoms with Gasteiger partial charge in [-0.2, -0.15) is 9.40 Å². The number of thioether (sulfide) groups is 1. The van der Waals surface area contributed by atoms with Crippen LogP contribution in [0.25, 0.3) is 11.0 Å². The van der Waals surface area contributed by atoms with Crippen molar-refractivity contribution >= 4 is 44.5 Å². The first-order valence-corrected chi connectivity index (χ1v) is 14.8. The van der Waals surface area contributed by atoms with Gasteiger partial charge in [-0.05, 0) is 44.5 Å². The number of amides is 1. The third-order valence-electron chi connectivity index (χ3n) is 5.67. The predicted octanol–water partition coefficient (Wildman–Crippen LogP) is 2.60. The van der Waals surface area contributed by atoms with Crippen LogP contribution < -0.4 is 10.6 Å². The summed E-state index contributed by atoms with van der Waals surface area (Å²) in [5, 5.41) is 12.2. The molecule has 200 valence electrons. The lowest BCUT2D eigenvalue weighted by Gasteiger charge is -2.26. The van der Waals surface area contributed by atoms with Crippen molar-refractivity contribution in [1.29, 1.82) is 0 Å². The molecule has 1 aliphatic heterocycles. The number of aromatic nitrogens is 4. The number of carbonyl (C=O) groups is 1. The molecule has 0 spiro atoms. The Bertz CT molecular complexity index is 1320. The van der Waals surface area contributed by atoms with Gasteiger partial charge in [0.2, 0.25) is 10.0 Å². The Hall–Kier alpha value is -2.74. The molecule has 0 aliphatic carbocycles. The topological polar surface area (TPSA) is 131 Å². The molecule has 1 saturated heterocycles. The fourth-order valence-electron chi connectivity index (χ4n) is 3.83. The van der Waals surface area contributed by atoms with Gasteiger partial charge in [-0.25, -0.2) is 23.1 Å². The van der Waals surface area contributed by atoms with Crippen LogP contribution >= 0.6 is 11.8 Å². The highest BCUT2D eigenvalue weighted by molar-refractivity contribution is 7.99. The van der Waals surface area contributed by atoms with Crippen LogP contribution in [0.2, 0.25) is 0 Å². The zero-order valence-electron chi connectivity index (χ0n) is 21.3. The molecule has 4 rings (SSSR count). The van der Waals surface area contributed by atoms with Crippen molar-refractivity contribution in [3.8, 4) is 0 Å². The SMILES string of the molecule is CCCSc1nc(NC(C)C)c2cnn(CCNC(=O)c3ccc(S(=O)(=O)N4CCOCC4)cc3)c2n1. The van der Waals surface area contributed by atoms with Crippen LogP contribution in [0.5, 0.6) is 0 Å². The van der Waals surface area contributed by atoms with Crippen LogP contribution in [0.4, 0.5) is 5.82 Å². The third kappa shape index (κ3) is 6.58. The Balaban J connectivity index is 1.41. The summed E-state index contributed by atoms with van der Waals surface area (Å²) in [6.45, 7) is 8.39. The van der Waals surface area contributed by atoms with Crippen molar-refractivity contribution in [2.45, 2.75) is 49.8 Å². The first-order chi connectivity index (χ1) is 17.8. The van der Waals surface area contributed by atoms with Crippen LogP contribution in [-0.4, -0.2) is 83.0 Å². The maximum atomic E-state index is 12.8. The Labute approximate surface area is 221 Å². The summed E-state index contributed by atoms with van der Waals surface area (Å²) >= 11 is 1.60. The average Bonchev–Trinajstić information content (AvgIpc) is 3.30. The van der Waals surface area contributed by atoms with Crippen molar-refractivity contribution in [2.75, 3.05) is 43.9 Å². The largest absolute Gasteiger partial charge is 0.379 e. The minimum absolute atomic E-state index is 0.163. The second kappa shape index (κ2) is 12.2. The van der Waals surface area contributed by atoms with E-state index < -0.39 is 10.0 Å². The van der Waals surface area contributed by atoms with Crippen molar-refractivity contribution in [3.05, 3.63) is 36.0 Å². The zero-order chi connectivity index (χ0) is 26.4. The molecule has 0 unspecified atom stereocenters. The number of carbonyl (C=O) groups excluding carboxylic acids is 1. The molecule has 37 heavy (non-hydrogen) atoms. The highest BCUT2D eigenvalue weighted by Gasteiger charge is 2.26. The summed E-state index contributed by atoms with van der Waals surface area (Å²) in [6, 6.07) is 6.20. The van der Waals surface area contributed by atoms with Crippen LogP contribution in [0.1, 0.15) is 37.6 Å². The molecule has 0 atom stereocenters. The van der Waals surface area contributed by atoms with Gasteiger partial charge in [-0.1, -0.05) is 18.7 Å². The number of hydrogen-bond acceptors (Lipinski definition) is 9. The van der Waals surface area contributed by atoms with Gasteiger partial charge in [-0.3, -0.25) is 4.79 Å². The van der Waals surface area contributed by atoms with Gasteiger partial charge < -0.3 is 15.4 Å². The van der Waals surface area contributed by atoms with Crippen molar-refractivity contribution in [1.82, 2.24) is 29.4 Å². The molecule has 1 amide bonds. The highest BCUT2D eigenvalue weighted by atomic mass is 32.2. The lowest BCUT2D eigenvalue weighted by molar-refractivity contribution is 0.0730. The van der Waals surface area contributed by atoms with E-state index in [1.165, 1.54) is 28.6 Å². The molecular weight excluding hydrogens is 514 g/mol. The lowest BCUT2D eigenvalue weighted by Crippen LogP contribution is -2.40. The smallest absolute Gasteiger partial charge is 0.251 e. The summed E-state index contributed by atoms with van der Waals surface area (Å²) in [5.74, 6) is 1.38. The zero-order valence-corrected chi connectivity index (χ0v) is 22.9. The number of hydrogen-bond donors (Lipinski definition) is 2. The van der Waals surface area contributed by atoms with E-state index in [9.17, 15) is 13.2 Å². The first kappa shape index (κ1) is 27.3. The highest BCUT2D eigenvalue weighted by Crippen LogP contribution is 2.25. The number of ether oxygens (including phenoxy) is 1. The molecule has 0 saturated carbocycles. The van der Waals surface area contributed by atoms with Crippen LogP contribution in [-0.2, 0) is 21.3 Å². The summed E-state index contributed by atoms with van der Waals surface area (Å²) in [6.07, 6.45) is 2.76. The van der Waals surface area contributed by atoms with E-state index in [-0.39, 0.29) is 16.8 Å². The molecule has 1 fully saturated rings. The Morgan fingerprint density at radius 2 is 1.89 bits per heavy atom. The maximum absolute atomic E-state index is 12.8. The summed E-state index contributed by atoms with van der Waals surface area (Å²) in [7, 11) is -3.60. The van der Waals surface area contributed by atoms with E-state index in [1.54, 1.807) is 22.6 Å². The Kier molecular flexibility index (Phi) is 9.00. The molecule has 1 aliphatic rings. The van der Waals surface area contributed by atoms with Gasteiger partial charge in [0.1, 0.15) is 5.82 Å². The fourth-order valence-corrected chi connectivity index (χ4v) is 5.93. The normalized spacial score (nSPS) is 14.8. The number of sulfonamides is 1. The molecule has 13 heteroatoms. The van der Waals surface area contributed by atoms with Gasteiger partial charge in [0, 0.05) is 37.0 Å². The fraction of sp³-hybridized carbons (Fsp3) is 0.500. The minimum atomic E-state index is -3.60. The molecule has 11 nitrogen and oxygen atoms in total. The Morgan fingerprint density at radius 1 is 1.16 bits per heavy atom. The number of benzene rings is 1. The molecular formula is C24H33N7O4S2. The monoisotopic (exact) mass is 547 g/mol. The van der Waals surface area contributed by atoms with E-state index >= 15 is 0 Å². The van der Waals surface area contributed by atoms with E-state index in [0.717, 1.165) is 23.4 Å². The Morgan fingerprint density at radius 3 is 2.57 bits per heavy atom. The van der Waals surface area contributed by atoms with Gasteiger partial charge in [0.05, 0.1) is 36.2 Å². The molecule has 3 aromatic rings. The van der Waals surface area contributed by atoms with Gasteiger partial charge in [0.25, 0.3) is 5.91 Å². The van der Waals surface area contributed by atoms with E-state index in [0.29, 0.717) is 55.8 Å². The second-order valence-corrected chi connectivity index (χ2v) is 11.9. The van der Waals surface area contributed by atoms with E-state index in [4.69, 9.17) is 9.72 Å². The quantitative estimate of drug-likeness (QED) is 0.275. The van der Waals surface area contributed by atoms with Gasteiger partial charge in [-0.15, -0.1) is 0 Å². The summed E-state index contributed by atoms with van der Waals surface area (Å²) < 4.78 is 34.0. The molecule has 3 heterocycles. The first-order valence-electron chi connectivity index (χ1n) is 12.4. The predicted molar refractivity (Wildman–Crippen MR) is 143 cm³/mol. The third-order valence-corrected chi connectivity index (χ3v) is 8.64. The van der Waals surface area contributed by atoms with Crippen LogP contribution in [0, 0.1) is 0 Å². The van der Waals surface area contributed by atoms with Gasteiger partial charge in [0.15, 0.2) is 10.8 Å². The molecule has 0 radical (unpaired) electrons. The van der Waals surface area contributed by atoms with Crippen LogP contribution in [0.3, 0.4) is 0 Å². The van der Waals surface area contributed by atoms with Crippen molar-refractivity contribution in [3.63, 3.8) is 0 Å². The minimum Gasteiger partial charge on any atom is -0.379 e. The molecule has 1 aromatic carbocycles. The van der Waals surface area contributed by atoms with Crippen molar-refractivity contribution in [2.24, 2.45) is 0 Å². The van der Waals surface area contributed by atoms with Crippen molar-refractivity contribution < 1.29 is 17.9 Å². The number of rotatable bonds is 11. The second-order valence-electron chi connectivity index (χ2n) is 8.90. The summed E-state index contributed by atoms with van der Waals surface area (Å²) in [5.41, 5.74) is 1.10. The van der Waals surface area contributed by atoms with E-state index in [2.05, 4.69) is 41.5 Å². The standard InChI is InChI=1S/C24H33N7O4S2/c1-4-15-36-24-28-21(27-17(2)3)20-16-26-31(22(20)29-24)10-9-25-23(32)18-5-7-19(8-6-18)37(33,34)30-11-13-35-14-12-30/h5-8,16-17H,4,9-15H2,1-3H3,(H,25,32)(H,27,28,29). The van der Waals surface area contributed by atoms with Gasteiger partial charge >= 0.3 is 0 Å². The summed E-state index contributed by atoms with van der Waals surface area (Å²) in [4.78, 5) is 22.2. The van der Waals surface area contributed by atoms with E-state index in [1.807, 2.05) is 0 Å². The number of morpholine rings is 1. The molecule has 2 N–H and O–H groups in total.